The molecule has 0 atom stereocenters. The van der Waals surface area contributed by atoms with Crippen molar-refractivity contribution in [3.05, 3.63) is 41.2 Å². The van der Waals surface area contributed by atoms with Crippen LogP contribution in [0.25, 0.3) is 0 Å². The molecule has 2 aromatic rings. The van der Waals surface area contributed by atoms with Crippen molar-refractivity contribution in [2.45, 2.75) is 20.8 Å². The number of aromatic nitrogens is 2. The Balaban J connectivity index is 2.36. The first-order valence-electron chi connectivity index (χ1n) is 5.50. The van der Waals surface area contributed by atoms with Gasteiger partial charge < -0.3 is 11.1 Å². The van der Waals surface area contributed by atoms with Gasteiger partial charge in [-0.2, -0.15) is 0 Å². The summed E-state index contributed by atoms with van der Waals surface area (Å²) in [7, 11) is 0. The number of hydrogen-bond donors (Lipinski definition) is 2. The van der Waals surface area contributed by atoms with Crippen molar-refractivity contribution in [3.63, 3.8) is 0 Å². The highest BCUT2D eigenvalue weighted by Gasteiger charge is 2.06. The van der Waals surface area contributed by atoms with Gasteiger partial charge in [0.2, 0.25) is 0 Å². The SMILES string of the molecule is Cc1cccc(Nc2nc(C)nc(N)c2C)c1. The van der Waals surface area contributed by atoms with Crippen LogP contribution in [-0.4, -0.2) is 9.97 Å². The monoisotopic (exact) mass is 228 g/mol. The summed E-state index contributed by atoms with van der Waals surface area (Å²) in [4.78, 5) is 8.48. The van der Waals surface area contributed by atoms with Gasteiger partial charge in [0.1, 0.15) is 17.5 Å². The van der Waals surface area contributed by atoms with E-state index in [1.807, 2.05) is 26.0 Å². The molecule has 3 N–H and O–H groups in total. The Morgan fingerprint density at radius 1 is 1.12 bits per heavy atom. The lowest BCUT2D eigenvalue weighted by molar-refractivity contribution is 1.04. The molecule has 0 aliphatic carbocycles. The number of rotatable bonds is 2. The van der Waals surface area contributed by atoms with Crippen LogP contribution >= 0.6 is 0 Å². The standard InChI is InChI=1S/C13H16N4/c1-8-5-4-6-11(7-8)17-13-9(2)12(14)15-10(3)16-13/h4-7H,1-3H3,(H3,14,15,16,17). The zero-order valence-electron chi connectivity index (χ0n) is 10.3. The fraction of sp³-hybridized carbons (Fsp3) is 0.231. The number of benzene rings is 1. The molecule has 0 radical (unpaired) electrons. The molecule has 4 heteroatoms. The van der Waals surface area contributed by atoms with Gasteiger partial charge >= 0.3 is 0 Å². The molecule has 0 spiro atoms. The summed E-state index contributed by atoms with van der Waals surface area (Å²) in [6, 6.07) is 8.12. The lowest BCUT2D eigenvalue weighted by atomic mass is 10.2. The normalized spacial score (nSPS) is 10.3. The second-order valence-electron chi connectivity index (χ2n) is 4.12. The summed E-state index contributed by atoms with van der Waals surface area (Å²) in [5, 5.41) is 3.26. The summed E-state index contributed by atoms with van der Waals surface area (Å²) < 4.78 is 0. The van der Waals surface area contributed by atoms with E-state index in [-0.39, 0.29) is 0 Å². The Labute approximate surface area is 101 Å². The van der Waals surface area contributed by atoms with Crippen molar-refractivity contribution < 1.29 is 0 Å². The van der Waals surface area contributed by atoms with Crippen molar-refractivity contribution >= 4 is 17.3 Å². The van der Waals surface area contributed by atoms with Gasteiger partial charge in [-0.15, -0.1) is 0 Å². The molecule has 17 heavy (non-hydrogen) atoms. The van der Waals surface area contributed by atoms with Crippen LogP contribution in [0.15, 0.2) is 24.3 Å². The van der Waals surface area contributed by atoms with Crippen molar-refractivity contribution in [3.8, 4) is 0 Å². The Morgan fingerprint density at radius 2 is 1.88 bits per heavy atom. The lowest BCUT2D eigenvalue weighted by Crippen LogP contribution is -2.04. The van der Waals surface area contributed by atoms with Gasteiger partial charge in [0.05, 0.1) is 0 Å². The van der Waals surface area contributed by atoms with Crippen molar-refractivity contribution in [2.75, 3.05) is 11.1 Å². The number of nitrogens with one attached hydrogen (secondary N) is 1. The smallest absolute Gasteiger partial charge is 0.139 e. The van der Waals surface area contributed by atoms with E-state index >= 15 is 0 Å². The van der Waals surface area contributed by atoms with Crippen LogP contribution in [0.1, 0.15) is 17.0 Å². The highest BCUT2D eigenvalue weighted by Crippen LogP contribution is 2.22. The molecule has 0 aliphatic heterocycles. The molecule has 1 aromatic heterocycles. The van der Waals surface area contributed by atoms with Crippen LogP contribution in [0.5, 0.6) is 0 Å². The van der Waals surface area contributed by atoms with Crippen LogP contribution in [0.3, 0.4) is 0 Å². The molecule has 0 amide bonds. The Kier molecular flexibility index (Phi) is 2.95. The molecule has 0 saturated heterocycles. The number of hydrogen-bond acceptors (Lipinski definition) is 4. The maximum absolute atomic E-state index is 5.81. The average molecular weight is 228 g/mol. The van der Waals surface area contributed by atoms with Crippen molar-refractivity contribution in [2.24, 2.45) is 0 Å². The zero-order chi connectivity index (χ0) is 12.4. The topological polar surface area (TPSA) is 63.8 Å². The van der Waals surface area contributed by atoms with E-state index in [1.165, 1.54) is 5.56 Å². The lowest BCUT2D eigenvalue weighted by Gasteiger charge is -2.11. The van der Waals surface area contributed by atoms with E-state index < -0.39 is 0 Å². The van der Waals surface area contributed by atoms with E-state index in [1.54, 1.807) is 0 Å². The predicted molar refractivity (Wildman–Crippen MR) is 70.4 cm³/mol. The third kappa shape index (κ3) is 2.53. The fourth-order valence-electron chi connectivity index (χ4n) is 1.63. The number of aryl methyl sites for hydroxylation is 2. The van der Waals surface area contributed by atoms with Gasteiger partial charge in [0.25, 0.3) is 0 Å². The van der Waals surface area contributed by atoms with Crippen LogP contribution in [0, 0.1) is 20.8 Å². The van der Waals surface area contributed by atoms with E-state index in [0.29, 0.717) is 11.6 Å². The van der Waals surface area contributed by atoms with E-state index in [0.717, 1.165) is 17.1 Å². The first-order valence-corrected chi connectivity index (χ1v) is 5.50. The molecule has 0 unspecified atom stereocenters. The van der Waals surface area contributed by atoms with Gasteiger partial charge in [0, 0.05) is 11.3 Å². The van der Waals surface area contributed by atoms with Gasteiger partial charge in [-0.05, 0) is 38.5 Å². The first kappa shape index (κ1) is 11.4. The van der Waals surface area contributed by atoms with Crippen molar-refractivity contribution in [1.82, 2.24) is 9.97 Å². The molecule has 1 heterocycles. The van der Waals surface area contributed by atoms with Crippen LogP contribution in [-0.2, 0) is 0 Å². The van der Waals surface area contributed by atoms with Crippen molar-refractivity contribution in [1.29, 1.82) is 0 Å². The molecule has 1 aromatic carbocycles. The van der Waals surface area contributed by atoms with Crippen LogP contribution in [0.4, 0.5) is 17.3 Å². The minimum absolute atomic E-state index is 0.521. The maximum atomic E-state index is 5.81. The molecule has 0 aliphatic rings. The van der Waals surface area contributed by atoms with Gasteiger partial charge in [-0.3, -0.25) is 0 Å². The number of nitrogens with two attached hydrogens (primary N) is 1. The maximum Gasteiger partial charge on any atom is 0.139 e. The highest BCUT2D eigenvalue weighted by molar-refractivity contribution is 5.63. The fourth-order valence-corrected chi connectivity index (χ4v) is 1.63. The van der Waals surface area contributed by atoms with Gasteiger partial charge in [-0.25, -0.2) is 9.97 Å². The number of nitrogen functional groups attached to an aromatic ring is 1. The molecule has 88 valence electrons. The van der Waals surface area contributed by atoms with E-state index in [2.05, 4.69) is 34.3 Å². The number of nitrogens with zero attached hydrogens (tertiary/aromatic N) is 2. The summed E-state index contributed by atoms with van der Waals surface area (Å²) in [6.45, 7) is 5.79. The molecular formula is C13H16N4. The summed E-state index contributed by atoms with van der Waals surface area (Å²) >= 11 is 0. The van der Waals surface area contributed by atoms with Crippen LogP contribution in [0.2, 0.25) is 0 Å². The van der Waals surface area contributed by atoms with Gasteiger partial charge in [-0.1, -0.05) is 12.1 Å². The Morgan fingerprint density at radius 3 is 2.59 bits per heavy atom. The summed E-state index contributed by atoms with van der Waals surface area (Å²) in [5.41, 5.74) is 8.89. The first-order chi connectivity index (χ1) is 8.06. The largest absolute Gasteiger partial charge is 0.383 e. The summed E-state index contributed by atoms with van der Waals surface area (Å²) in [6.07, 6.45) is 0. The molecule has 0 saturated carbocycles. The minimum atomic E-state index is 0.521. The van der Waals surface area contributed by atoms with E-state index in [4.69, 9.17) is 5.73 Å². The molecule has 0 bridgehead atoms. The average Bonchev–Trinajstić information content (AvgIpc) is 2.25. The third-order valence-corrected chi connectivity index (χ3v) is 2.58. The third-order valence-electron chi connectivity index (χ3n) is 2.58. The summed E-state index contributed by atoms with van der Waals surface area (Å²) in [5.74, 6) is 1.96. The molecular weight excluding hydrogens is 212 g/mol. The second-order valence-corrected chi connectivity index (χ2v) is 4.12. The molecule has 0 fully saturated rings. The number of anilines is 3. The van der Waals surface area contributed by atoms with Gasteiger partial charge in [0.15, 0.2) is 0 Å². The highest BCUT2D eigenvalue weighted by atomic mass is 15.1. The Hall–Kier alpha value is -2.10. The molecule has 2 rings (SSSR count). The Bertz CT molecular complexity index is 549. The quantitative estimate of drug-likeness (QED) is 0.829. The second kappa shape index (κ2) is 4.41. The minimum Gasteiger partial charge on any atom is -0.383 e. The zero-order valence-corrected chi connectivity index (χ0v) is 10.3. The van der Waals surface area contributed by atoms with Crippen LogP contribution < -0.4 is 11.1 Å². The predicted octanol–water partition coefficient (Wildman–Crippen LogP) is 2.73. The molecule has 4 nitrogen and oxygen atoms in total. The van der Waals surface area contributed by atoms with E-state index in [9.17, 15) is 0 Å².